The average molecular weight is 395 g/mol. The second-order valence-electron chi connectivity index (χ2n) is 7.53. The third-order valence-corrected chi connectivity index (χ3v) is 2.72. The van der Waals surface area contributed by atoms with Crippen molar-refractivity contribution in [2.24, 2.45) is 10.9 Å². The van der Waals surface area contributed by atoms with Crippen LogP contribution in [0, 0.1) is 0 Å². The van der Waals surface area contributed by atoms with Crippen LogP contribution >= 0.6 is 0 Å². The van der Waals surface area contributed by atoms with E-state index in [1.807, 2.05) is 0 Å². The summed E-state index contributed by atoms with van der Waals surface area (Å²) in [7, 11) is 1.11. The van der Waals surface area contributed by atoms with Crippen LogP contribution < -0.4 is 10.7 Å². The maximum atomic E-state index is 12.7. The molecule has 0 unspecified atom stereocenters. The quantitative estimate of drug-likeness (QED) is 0.267. The van der Waals surface area contributed by atoms with Crippen LogP contribution in [0.5, 0.6) is 0 Å². The topological polar surface area (TPSA) is 146 Å². The Kier molecular flexibility index (Phi) is 7.03. The van der Waals surface area contributed by atoms with Gasteiger partial charge >= 0.3 is 18.2 Å². The molecule has 0 bridgehead atoms. The van der Waals surface area contributed by atoms with Crippen molar-refractivity contribution in [3.05, 3.63) is 17.6 Å². The molecule has 0 aliphatic carbocycles. The summed E-state index contributed by atoms with van der Waals surface area (Å²) in [5.74, 6) is 3.73. The minimum atomic E-state index is -1.10. The number of hydrazone groups is 1. The highest BCUT2D eigenvalue weighted by Crippen LogP contribution is 2.23. The zero-order valence-corrected chi connectivity index (χ0v) is 17.0. The van der Waals surface area contributed by atoms with Crippen LogP contribution in [0.15, 0.2) is 11.3 Å². The van der Waals surface area contributed by atoms with Crippen LogP contribution in [-0.2, 0) is 14.2 Å². The van der Waals surface area contributed by atoms with Crippen LogP contribution in [0.4, 0.5) is 15.4 Å². The van der Waals surface area contributed by atoms with E-state index < -0.39 is 40.9 Å². The van der Waals surface area contributed by atoms with Crippen molar-refractivity contribution in [3.8, 4) is 0 Å². The van der Waals surface area contributed by atoms with Gasteiger partial charge in [-0.25, -0.2) is 24.4 Å². The van der Waals surface area contributed by atoms with Crippen LogP contribution in [0.25, 0.3) is 0 Å². The van der Waals surface area contributed by atoms with E-state index >= 15 is 0 Å². The number of carbonyl (C=O) groups is 3. The number of esters is 1. The Morgan fingerprint density at radius 2 is 1.57 bits per heavy atom. The number of hydrogen-bond acceptors (Lipinski definition) is 10. The summed E-state index contributed by atoms with van der Waals surface area (Å²) in [6, 6.07) is 0. The Labute approximate surface area is 162 Å². The van der Waals surface area contributed by atoms with Crippen LogP contribution in [0.2, 0.25) is 0 Å². The van der Waals surface area contributed by atoms with Gasteiger partial charge in [0.2, 0.25) is 0 Å². The number of nitrogens with zero attached hydrogens (tertiary/aromatic N) is 4. The van der Waals surface area contributed by atoms with E-state index in [2.05, 4.69) is 19.8 Å². The van der Waals surface area contributed by atoms with Crippen molar-refractivity contribution in [1.29, 1.82) is 0 Å². The third kappa shape index (κ3) is 6.49. The Hall–Kier alpha value is -3.24. The van der Waals surface area contributed by atoms with Crippen molar-refractivity contribution >= 4 is 30.2 Å². The molecule has 28 heavy (non-hydrogen) atoms. The lowest BCUT2D eigenvalue weighted by molar-refractivity contribution is 0.0428. The largest absolute Gasteiger partial charge is 0.464 e. The number of aromatic nitrogens is 2. The van der Waals surface area contributed by atoms with E-state index in [4.69, 9.17) is 15.3 Å². The van der Waals surface area contributed by atoms with Gasteiger partial charge in [0.1, 0.15) is 16.9 Å². The zero-order chi connectivity index (χ0) is 21.7. The predicted molar refractivity (Wildman–Crippen MR) is 100 cm³/mol. The van der Waals surface area contributed by atoms with E-state index in [1.54, 1.807) is 41.5 Å². The Morgan fingerprint density at radius 3 is 1.96 bits per heavy atom. The molecule has 0 spiro atoms. The monoisotopic (exact) mass is 395 g/mol. The van der Waals surface area contributed by atoms with Crippen LogP contribution in [-0.4, -0.2) is 52.7 Å². The fourth-order valence-corrected chi connectivity index (χ4v) is 1.79. The van der Waals surface area contributed by atoms with Crippen molar-refractivity contribution in [1.82, 2.24) is 9.97 Å². The zero-order valence-electron chi connectivity index (χ0n) is 17.0. The molecule has 1 heterocycles. The summed E-state index contributed by atoms with van der Waals surface area (Å²) in [6.45, 7) is 9.70. The molecular weight excluding hydrogens is 370 g/mol. The summed E-state index contributed by atoms with van der Waals surface area (Å²) in [5, 5.41) is 3.30. The number of anilines is 1. The maximum absolute atomic E-state index is 12.7. The van der Waals surface area contributed by atoms with Gasteiger partial charge in [0, 0.05) is 0 Å². The van der Waals surface area contributed by atoms with E-state index in [0.717, 1.165) is 13.3 Å². The maximum Gasteiger partial charge on any atom is 0.425 e. The average Bonchev–Trinajstić information content (AvgIpc) is 2.52. The van der Waals surface area contributed by atoms with Gasteiger partial charge in [-0.3, -0.25) is 0 Å². The second-order valence-corrected chi connectivity index (χ2v) is 7.53. The lowest BCUT2D eigenvalue weighted by Gasteiger charge is -2.28. The molecule has 11 nitrogen and oxygen atoms in total. The Morgan fingerprint density at radius 1 is 1.07 bits per heavy atom. The molecule has 0 aliphatic heterocycles. The normalized spacial score (nSPS) is 11.8. The molecule has 11 heteroatoms. The summed E-state index contributed by atoms with van der Waals surface area (Å²) in [4.78, 5) is 46.0. The lowest BCUT2D eigenvalue weighted by Crippen LogP contribution is -2.45. The minimum absolute atomic E-state index is 0.111. The number of hydrogen-bond donors (Lipinski definition) is 1. The van der Waals surface area contributed by atoms with Crippen molar-refractivity contribution in [2.45, 2.75) is 52.7 Å². The van der Waals surface area contributed by atoms with Gasteiger partial charge in [0.15, 0.2) is 11.5 Å². The Bertz CT molecular complexity index is 751. The van der Waals surface area contributed by atoms with Crippen molar-refractivity contribution in [3.63, 3.8) is 0 Å². The third-order valence-electron chi connectivity index (χ3n) is 2.72. The molecule has 0 saturated carbocycles. The predicted octanol–water partition coefficient (Wildman–Crippen LogP) is 2.23. The molecule has 0 aromatic carbocycles. The first kappa shape index (κ1) is 22.8. The first-order valence-corrected chi connectivity index (χ1v) is 8.23. The molecule has 0 radical (unpaired) electrons. The molecule has 0 atom stereocenters. The molecule has 2 N–H and O–H groups in total. The summed E-state index contributed by atoms with van der Waals surface area (Å²) < 4.78 is 15.2. The highest BCUT2D eigenvalue weighted by atomic mass is 16.6. The fourth-order valence-electron chi connectivity index (χ4n) is 1.79. The highest BCUT2D eigenvalue weighted by molar-refractivity contribution is 6.12. The van der Waals surface area contributed by atoms with Crippen LogP contribution in [0.1, 0.15) is 57.7 Å². The molecule has 0 saturated heterocycles. The van der Waals surface area contributed by atoms with Crippen LogP contribution in [0.3, 0.4) is 0 Å². The number of amides is 2. The van der Waals surface area contributed by atoms with Gasteiger partial charge in [-0.15, -0.1) is 0 Å². The molecule has 1 rings (SSSR count). The van der Waals surface area contributed by atoms with Gasteiger partial charge < -0.3 is 20.1 Å². The summed E-state index contributed by atoms with van der Waals surface area (Å²) in [5.41, 5.74) is -2.17. The minimum Gasteiger partial charge on any atom is -0.464 e. The number of nitrogens with two attached hydrogens (primary N) is 1. The summed E-state index contributed by atoms with van der Waals surface area (Å²) in [6.07, 6.45) is 0.108. The van der Waals surface area contributed by atoms with E-state index in [9.17, 15) is 14.4 Å². The van der Waals surface area contributed by atoms with Gasteiger partial charge in [-0.1, -0.05) is 0 Å². The fraction of sp³-hybridized carbons (Fsp3) is 0.529. The molecular formula is C17H25N5O6. The molecule has 0 aliphatic rings. The van der Waals surface area contributed by atoms with Crippen molar-refractivity contribution in [2.75, 3.05) is 12.0 Å². The molecule has 2 amide bonds. The first-order chi connectivity index (χ1) is 12.8. The van der Waals surface area contributed by atoms with E-state index in [1.165, 1.54) is 6.20 Å². The Balaban J connectivity index is 3.57. The number of ether oxygens (including phenoxy) is 3. The SMILES string of the molecule is COC(=O)c1nc(/C=N/N)cnc1N(C(=O)OC(C)(C)C)C(=O)OC(C)(C)C. The standard InChI is InChI=1S/C17H25N5O6/c1-16(2,3)27-14(24)22(15(25)28-17(4,5)6)12-11(13(23)26-7)21-10(8-19-12)9-20-18/h8-9H,18H2,1-7H3/b20-9+. The molecule has 1 aromatic rings. The van der Waals surface area contributed by atoms with Crippen molar-refractivity contribution < 1.29 is 28.6 Å². The smallest absolute Gasteiger partial charge is 0.425 e. The first-order valence-electron chi connectivity index (χ1n) is 8.23. The van der Waals surface area contributed by atoms with Gasteiger partial charge in [-0.05, 0) is 41.5 Å². The highest BCUT2D eigenvalue weighted by Gasteiger charge is 2.37. The summed E-state index contributed by atoms with van der Waals surface area (Å²) >= 11 is 0. The van der Waals surface area contributed by atoms with Gasteiger partial charge in [-0.2, -0.15) is 10.0 Å². The number of carbonyl (C=O) groups excluding carboxylic acids is 3. The molecule has 154 valence electrons. The van der Waals surface area contributed by atoms with E-state index in [0.29, 0.717) is 4.90 Å². The van der Waals surface area contributed by atoms with Gasteiger partial charge in [0.05, 0.1) is 19.5 Å². The van der Waals surface area contributed by atoms with E-state index in [-0.39, 0.29) is 5.69 Å². The lowest BCUT2D eigenvalue weighted by atomic mass is 10.2. The second kappa shape index (κ2) is 8.63. The molecule has 1 aromatic heterocycles. The van der Waals surface area contributed by atoms with Gasteiger partial charge in [0.25, 0.3) is 0 Å². The number of imide groups is 1. The molecule has 0 fully saturated rings. The number of rotatable bonds is 3. The number of methoxy groups -OCH3 is 1.